The molecule has 0 aromatic heterocycles. The maximum Gasteiger partial charge on any atom is 0.143 e. The van der Waals surface area contributed by atoms with E-state index in [0.29, 0.717) is 11.3 Å². The largest absolute Gasteiger partial charge is 0.511 e. The van der Waals surface area contributed by atoms with Crippen molar-refractivity contribution < 1.29 is 19.7 Å². The number of fused-ring (bicyclic) bond motifs is 6. The molecule has 0 saturated heterocycles. The van der Waals surface area contributed by atoms with Gasteiger partial charge in [-0.25, -0.2) is 0 Å². The predicted molar refractivity (Wildman–Crippen MR) is 193 cm³/mol. The van der Waals surface area contributed by atoms with Crippen molar-refractivity contribution in [3.8, 4) is 11.5 Å². The average molecular weight is 623 g/mol. The van der Waals surface area contributed by atoms with Crippen molar-refractivity contribution in [1.82, 2.24) is 0 Å². The monoisotopic (exact) mass is 622 g/mol. The summed E-state index contributed by atoms with van der Waals surface area (Å²) in [6.07, 6.45) is 6.94. The Morgan fingerprint density at radius 1 is 0.521 bits per heavy atom. The maximum absolute atomic E-state index is 11.6. The molecule has 0 saturated carbocycles. The van der Waals surface area contributed by atoms with Crippen molar-refractivity contribution in [2.75, 3.05) is 0 Å². The highest BCUT2D eigenvalue weighted by molar-refractivity contribution is 6.01. The number of hydrogen-bond donors (Lipinski definition) is 2. The molecule has 0 amide bonds. The Hall–Kier alpha value is -6.10. The van der Waals surface area contributed by atoms with Crippen LogP contribution in [0.15, 0.2) is 169 Å². The summed E-state index contributed by atoms with van der Waals surface area (Å²) in [5.41, 5.74) is 5.97. The molecule has 0 spiro atoms. The summed E-state index contributed by atoms with van der Waals surface area (Å²) < 4.78 is 13.1. The second-order valence-corrected chi connectivity index (χ2v) is 12.3. The number of rotatable bonds is 4. The van der Waals surface area contributed by atoms with Gasteiger partial charge < -0.3 is 19.7 Å². The van der Waals surface area contributed by atoms with Gasteiger partial charge in [-0.1, -0.05) is 127 Å². The zero-order valence-corrected chi connectivity index (χ0v) is 25.9. The molecule has 0 radical (unpaired) electrons. The van der Waals surface area contributed by atoms with Crippen LogP contribution in [0.2, 0.25) is 0 Å². The number of aliphatic hydroxyl groups is 2. The van der Waals surface area contributed by atoms with Crippen LogP contribution in [0.5, 0.6) is 11.5 Å². The van der Waals surface area contributed by atoms with E-state index in [4.69, 9.17) is 9.47 Å². The maximum atomic E-state index is 11.6. The normalized spacial score (nSPS) is 20.0. The van der Waals surface area contributed by atoms with Gasteiger partial charge in [0, 0.05) is 38.6 Å². The lowest BCUT2D eigenvalue weighted by Gasteiger charge is -2.34. The summed E-state index contributed by atoms with van der Waals surface area (Å²) in [4.78, 5) is 0. The fourth-order valence-corrected chi connectivity index (χ4v) is 6.91. The second kappa shape index (κ2) is 11.3. The highest BCUT2D eigenvalue weighted by atomic mass is 16.5. The molecule has 2 atom stereocenters. The number of aliphatic hydroxyl groups excluding tert-OH is 2. The zero-order chi connectivity index (χ0) is 32.2. The van der Waals surface area contributed by atoms with E-state index in [-0.39, 0.29) is 5.76 Å². The standard InChI is InChI=1S/C44H30O4/c45-41-37(23-31-25-39(29-13-3-1-4-14-29)47-43-33-17-9-7-11-27(33)19-21-35(31)43)42(46)38(41)24-32-26-40(30-15-5-2-6-16-30)48-44-34-18-10-8-12-28(34)20-22-36(32)44/h1-26,37,41,45-46H/b31-23+,32-24+. The summed E-state index contributed by atoms with van der Waals surface area (Å²) in [5.74, 6) is 2.53. The van der Waals surface area contributed by atoms with Crippen molar-refractivity contribution in [3.63, 3.8) is 0 Å². The molecule has 9 rings (SSSR count). The smallest absolute Gasteiger partial charge is 0.143 e. The fraction of sp³-hybridized carbons (Fsp3) is 0.0455. The highest BCUT2D eigenvalue weighted by Crippen LogP contribution is 2.47. The van der Waals surface area contributed by atoms with Crippen LogP contribution in [0.25, 0.3) is 44.2 Å². The van der Waals surface area contributed by atoms with Crippen molar-refractivity contribution >= 4 is 44.2 Å². The van der Waals surface area contributed by atoms with E-state index in [9.17, 15) is 10.2 Å². The summed E-state index contributed by atoms with van der Waals surface area (Å²) in [7, 11) is 0. The molecular weight excluding hydrogens is 592 g/mol. The first kappa shape index (κ1) is 28.1. The lowest BCUT2D eigenvalue weighted by atomic mass is 9.77. The Morgan fingerprint density at radius 3 is 1.54 bits per heavy atom. The van der Waals surface area contributed by atoms with E-state index in [1.807, 2.05) is 115 Å². The summed E-state index contributed by atoms with van der Waals surface area (Å²) in [5, 5.41) is 27.3. The third kappa shape index (κ3) is 4.65. The zero-order valence-electron chi connectivity index (χ0n) is 25.9. The van der Waals surface area contributed by atoms with E-state index in [2.05, 4.69) is 42.5 Å². The van der Waals surface area contributed by atoms with Crippen molar-refractivity contribution in [2.45, 2.75) is 6.10 Å². The van der Waals surface area contributed by atoms with Crippen LogP contribution in [0.1, 0.15) is 22.3 Å². The summed E-state index contributed by atoms with van der Waals surface area (Å²) in [6, 6.07) is 44.5. The van der Waals surface area contributed by atoms with E-state index in [0.717, 1.165) is 72.2 Å². The van der Waals surface area contributed by atoms with Gasteiger partial charge in [-0.2, -0.15) is 0 Å². The molecule has 2 aliphatic heterocycles. The molecule has 2 unspecified atom stereocenters. The van der Waals surface area contributed by atoms with Crippen molar-refractivity contribution in [2.24, 2.45) is 5.92 Å². The van der Waals surface area contributed by atoms with Gasteiger partial charge in [-0.15, -0.1) is 0 Å². The number of ether oxygens (including phenoxy) is 2. The first-order chi connectivity index (χ1) is 23.6. The lowest BCUT2D eigenvalue weighted by Crippen LogP contribution is -2.34. The van der Waals surface area contributed by atoms with Crippen LogP contribution in [-0.2, 0) is 0 Å². The van der Waals surface area contributed by atoms with E-state index in [1.165, 1.54) is 0 Å². The minimum atomic E-state index is -0.898. The first-order valence-corrected chi connectivity index (χ1v) is 16.1. The minimum absolute atomic E-state index is 0.148. The van der Waals surface area contributed by atoms with Crippen LogP contribution >= 0.6 is 0 Å². The quantitative estimate of drug-likeness (QED) is 0.205. The molecule has 2 heterocycles. The SMILES string of the molecule is OC1=C(/C=C2\C=C(c3ccccc3)Oc3c2ccc2ccccc32)C(O)C1/C=C1\C=C(c2ccccc2)Oc2c1ccc1ccccc21. The van der Waals surface area contributed by atoms with Crippen LogP contribution in [0.4, 0.5) is 0 Å². The molecule has 4 heteroatoms. The molecular formula is C44H30O4. The average Bonchev–Trinajstić information content (AvgIpc) is 3.16. The third-order valence-corrected chi connectivity index (χ3v) is 9.44. The minimum Gasteiger partial charge on any atom is -0.511 e. The molecule has 6 aromatic rings. The molecule has 230 valence electrons. The van der Waals surface area contributed by atoms with Gasteiger partial charge in [0.25, 0.3) is 0 Å². The number of allylic oxidation sites excluding steroid dienone is 4. The molecule has 4 nitrogen and oxygen atoms in total. The number of benzene rings is 6. The molecule has 2 N–H and O–H groups in total. The van der Waals surface area contributed by atoms with Crippen LogP contribution in [-0.4, -0.2) is 16.3 Å². The molecule has 3 aliphatic rings. The molecule has 1 aliphatic carbocycles. The Morgan fingerprint density at radius 2 is 1.00 bits per heavy atom. The first-order valence-electron chi connectivity index (χ1n) is 16.1. The van der Waals surface area contributed by atoms with Gasteiger partial charge in [-0.05, 0) is 52.3 Å². The second-order valence-electron chi connectivity index (χ2n) is 12.3. The van der Waals surface area contributed by atoms with E-state index in [1.54, 1.807) is 0 Å². The molecule has 48 heavy (non-hydrogen) atoms. The van der Waals surface area contributed by atoms with Crippen LogP contribution in [0, 0.1) is 5.92 Å². The van der Waals surface area contributed by atoms with Gasteiger partial charge in [0.2, 0.25) is 0 Å². The highest BCUT2D eigenvalue weighted by Gasteiger charge is 2.38. The van der Waals surface area contributed by atoms with Gasteiger partial charge in [0.1, 0.15) is 28.8 Å². The predicted octanol–water partition coefficient (Wildman–Crippen LogP) is 10.1. The molecule has 6 aromatic carbocycles. The van der Waals surface area contributed by atoms with Gasteiger partial charge >= 0.3 is 0 Å². The third-order valence-electron chi connectivity index (χ3n) is 9.44. The molecule has 0 fully saturated rings. The Balaban J connectivity index is 1.15. The van der Waals surface area contributed by atoms with Gasteiger partial charge in [0.05, 0.1) is 12.0 Å². The molecule has 0 bridgehead atoms. The topological polar surface area (TPSA) is 58.9 Å². The van der Waals surface area contributed by atoms with Gasteiger partial charge in [-0.3, -0.25) is 0 Å². The van der Waals surface area contributed by atoms with Crippen molar-refractivity contribution in [1.29, 1.82) is 0 Å². The summed E-state index contributed by atoms with van der Waals surface area (Å²) >= 11 is 0. The Bertz CT molecular complexity index is 2410. The lowest BCUT2D eigenvalue weighted by molar-refractivity contribution is 0.113. The van der Waals surface area contributed by atoms with Crippen LogP contribution < -0.4 is 9.47 Å². The number of hydrogen-bond acceptors (Lipinski definition) is 4. The Labute approximate surface area is 278 Å². The van der Waals surface area contributed by atoms with Crippen LogP contribution in [0.3, 0.4) is 0 Å². The van der Waals surface area contributed by atoms with Crippen molar-refractivity contribution in [3.05, 3.63) is 191 Å². The summed E-state index contributed by atoms with van der Waals surface area (Å²) in [6.45, 7) is 0. The fourth-order valence-electron chi connectivity index (χ4n) is 6.91. The van der Waals surface area contributed by atoms with E-state index >= 15 is 0 Å². The van der Waals surface area contributed by atoms with E-state index < -0.39 is 12.0 Å². The Kier molecular flexibility index (Phi) is 6.63. The van der Waals surface area contributed by atoms with Gasteiger partial charge in [0.15, 0.2) is 0 Å².